The molecule has 0 N–H and O–H groups in total. The Hall–Kier alpha value is 0.0569. The number of ether oxygens (including phenoxy) is 2. The van der Waals surface area contributed by atoms with Crippen molar-refractivity contribution in [1.29, 1.82) is 0 Å². The summed E-state index contributed by atoms with van der Waals surface area (Å²) in [6.45, 7) is 11.7. The fourth-order valence-electron chi connectivity index (χ4n) is 1.75. The second kappa shape index (κ2) is 6.12. The van der Waals surface area contributed by atoms with Gasteiger partial charge in [-0.1, -0.05) is 0 Å². The zero-order chi connectivity index (χ0) is 12.1. The molecule has 0 aromatic rings. The highest BCUT2D eigenvalue weighted by Gasteiger charge is 2.36. The molecule has 0 saturated carbocycles. The van der Waals surface area contributed by atoms with E-state index in [9.17, 15) is 0 Å². The summed E-state index contributed by atoms with van der Waals surface area (Å²) in [4.78, 5) is 0. The van der Waals surface area contributed by atoms with E-state index in [0.717, 1.165) is 6.04 Å². The molecule has 1 rings (SSSR count). The molecule has 0 amide bonds. The third-order valence-electron chi connectivity index (χ3n) is 2.72. The molecule has 1 heterocycles. The number of hydrogen-bond acceptors (Lipinski definition) is 4. The van der Waals surface area contributed by atoms with Gasteiger partial charge in [-0.25, -0.2) is 0 Å². The van der Waals surface area contributed by atoms with E-state index in [-0.39, 0.29) is 5.60 Å². The lowest BCUT2D eigenvalue weighted by molar-refractivity contribution is -0.196. The summed E-state index contributed by atoms with van der Waals surface area (Å²) in [6.07, 6.45) is 0. The van der Waals surface area contributed by atoms with Crippen molar-refractivity contribution in [2.45, 2.75) is 39.0 Å². The molecule has 0 bridgehead atoms. The van der Waals surface area contributed by atoms with Gasteiger partial charge in [-0.15, -0.1) is 0 Å². The van der Waals surface area contributed by atoms with E-state index in [1.54, 1.807) is 0 Å². The lowest BCUT2D eigenvalue weighted by atomic mass is 10.1. The van der Waals surface area contributed by atoms with Crippen LogP contribution in [0.3, 0.4) is 0 Å². The van der Waals surface area contributed by atoms with Gasteiger partial charge in [-0.2, -0.15) is 0 Å². The summed E-state index contributed by atoms with van der Waals surface area (Å²) in [5.74, 6) is 0. The van der Waals surface area contributed by atoms with E-state index in [0.29, 0.717) is 33.0 Å². The first-order valence-electron chi connectivity index (χ1n) is 6.03. The zero-order valence-corrected chi connectivity index (χ0v) is 11.9. The van der Waals surface area contributed by atoms with Crippen molar-refractivity contribution in [2.24, 2.45) is 0 Å². The Kier molecular flexibility index (Phi) is 5.40. The predicted octanol–water partition coefficient (Wildman–Crippen LogP) is 1.94. The fraction of sp³-hybridized carbons (Fsp3) is 1.00. The van der Waals surface area contributed by atoms with E-state index in [4.69, 9.17) is 18.3 Å². The third kappa shape index (κ3) is 4.14. The summed E-state index contributed by atoms with van der Waals surface area (Å²) < 4.78 is 22.4. The standard InChI is InChI=1S/C11H24O4Si/c1-5-14-16(4,15-6-2)8-7-13-11(3)9-12-10-11/h5-10H2,1-4H3. The maximum Gasteiger partial charge on any atom is 0.337 e. The van der Waals surface area contributed by atoms with E-state index in [2.05, 4.69) is 13.5 Å². The van der Waals surface area contributed by atoms with Gasteiger partial charge in [-0.05, 0) is 27.3 Å². The summed E-state index contributed by atoms with van der Waals surface area (Å²) >= 11 is 0. The molecule has 0 spiro atoms. The monoisotopic (exact) mass is 248 g/mol. The van der Waals surface area contributed by atoms with Crippen LogP contribution in [0.4, 0.5) is 0 Å². The zero-order valence-electron chi connectivity index (χ0n) is 10.9. The van der Waals surface area contributed by atoms with Gasteiger partial charge >= 0.3 is 8.56 Å². The Morgan fingerprint density at radius 2 is 1.75 bits per heavy atom. The smallest absolute Gasteiger partial charge is 0.337 e. The van der Waals surface area contributed by atoms with Gasteiger partial charge in [0.15, 0.2) is 0 Å². The minimum absolute atomic E-state index is 0.0757. The van der Waals surface area contributed by atoms with Gasteiger partial charge in [0.05, 0.1) is 13.2 Å². The molecule has 1 aliphatic rings. The molecular formula is C11H24O4Si. The van der Waals surface area contributed by atoms with E-state index >= 15 is 0 Å². The highest BCUT2D eigenvalue weighted by atomic mass is 28.4. The van der Waals surface area contributed by atoms with E-state index in [1.807, 2.05) is 13.8 Å². The number of hydrogen-bond donors (Lipinski definition) is 0. The maximum absolute atomic E-state index is 5.80. The molecule has 1 fully saturated rings. The first-order chi connectivity index (χ1) is 7.54. The molecule has 1 aliphatic heterocycles. The molecule has 96 valence electrons. The lowest BCUT2D eigenvalue weighted by Crippen LogP contribution is -2.50. The van der Waals surface area contributed by atoms with Gasteiger partial charge in [-0.3, -0.25) is 0 Å². The third-order valence-corrected chi connectivity index (χ3v) is 5.63. The predicted molar refractivity (Wildman–Crippen MR) is 64.9 cm³/mol. The molecule has 0 aliphatic carbocycles. The normalized spacial score (nSPS) is 19.5. The van der Waals surface area contributed by atoms with Crippen LogP contribution in [0, 0.1) is 0 Å². The van der Waals surface area contributed by atoms with Crippen molar-refractivity contribution >= 4 is 8.56 Å². The lowest BCUT2D eigenvalue weighted by Gasteiger charge is -2.38. The Bertz CT molecular complexity index is 200. The Morgan fingerprint density at radius 1 is 1.19 bits per heavy atom. The Balaban J connectivity index is 2.26. The molecule has 1 saturated heterocycles. The summed E-state index contributed by atoms with van der Waals surface area (Å²) in [7, 11) is -2.00. The van der Waals surface area contributed by atoms with Crippen LogP contribution in [0.5, 0.6) is 0 Å². The average molecular weight is 248 g/mol. The summed E-state index contributed by atoms with van der Waals surface area (Å²) in [5, 5.41) is 0. The summed E-state index contributed by atoms with van der Waals surface area (Å²) in [5.41, 5.74) is -0.0757. The average Bonchev–Trinajstić information content (AvgIpc) is 2.16. The van der Waals surface area contributed by atoms with Gasteiger partial charge in [0.2, 0.25) is 0 Å². The van der Waals surface area contributed by atoms with Crippen molar-refractivity contribution in [2.75, 3.05) is 33.0 Å². The molecule has 0 aromatic carbocycles. The number of rotatable bonds is 8. The van der Waals surface area contributed by atoms with Crippen LogP contribution in [-0.4, -0.2) is 47.2 Å². The first-order valence-corrected chi connectivity index (χ1v) is 8.55. The maximum atomic E-state index is 5.80. The van der Waals surface area contributed by atoms with Crippen LogP contribution in [-0.2, 0) is 18.3 Å². The van der Waals surface area contributed by atoms with Crippen LogP contribution in [0.2, 0.25) is 12.6 Å². The van der Waals surface area contributed by atoms with Crippen molar-refractivity contribution in [3.8, 4) is 0 Å². The van der Waals surface area contributed by atoms with Gasteiger partial charge in [0, 0.05) is 25.9 Å². The van der Waals surface area contributed by atoms with Crippen molar-refractivity contribution in [3.63, 3.8) is 0 Å². The van der Waals surface area contributed by atoms with Crippen molar-refractivity contribution < 1.29 is 18.3 Å². The highest BCUT2D eigenvalue weighted by molar-refractivity contribution is 6.66. The SMILES string of the molecule is CCO[Si](C)(CCOC1(C)COC1)OCC. The molecule has 0 aromatic heterocycles. The van der Waals surface area contributed by atoms with Gasteiger partial charge in [0.1, 0.15) is 5.60 Å². The molecular weight excluding hydrogens is 224 g/mol. The second-order valence-corrected chi connectivity index (χ2v) is 7.89. The van der Waals surface area contributed by atoms with Crippen LogP contribution < -0.4 is 0 Å². The quantitative estimate of drug-likeness (QED) is 0.615. The van der Waals surface area contributed by atoms with Gasteiger partial charge < -0.3 is 18.3 Å². The van der Waals surface area contributed by atoms with E-state index < -0.39 is 8.56 Å². The van der Waals surface area contributed by atoms with Crippen LogP contribution in [0.1, 0.15) is 20.8 Å². The minimum Gasteiger partial charge on any atom is -0.395 e. The Morgan fingerprint density at radius 3 is 2.12 bits per heavy atom. The first kappa shape index (κ1) is 14.1. The van der Waals surface area contributed by atoms with Crippen molar-refractivity contribution in [3.05, 3.63) is 0 Å². The van der Waals surface area contributed by atoms with Crippen LogP contribution >= 0.6 is 0 Å². The minimum atomic E-state index is -2.00. The van der Waals surface area contributed by atoms with Crippen LogP contribution in [0.25, 0.3) is 0 Å². The van der Waals surface area contributed by atoms with E-state index in [1.165, 1.54) is 0 Å². The topological polar surface area (TPSA) is 36.9 Å². The van der Waals surface area contributed by atoms with Crippen molar-refractivity contribution in [1.82, 2.24) is 0 Å². The molecule has 16 heavy (non-hydrogen) atoms. The van der Waals surface area contributed by atoms with Gasteiger partial charge in [0.25, 0.3) is 0 Å². The molecule has 5 heteroatoms. The largest absolute Gasteiger partial charge is 0.395 e. The highest BCUT2D eigenvalue weighted by Crippen LogP contribution is 2.22. The Labute approximate surface area is 99.5 Å². The molecule has 0 atom stereocenters. The fourth-order valence-corrected chi connectivity index (χ4v) is 3.82. The second-order valence-electron chi connectivity index (χ2n) is 4.54. The summed E-state index contributed by atoms with van der Waals surface area (Å²) in [6, 6.07) is 0.879. The molecule has 0 unspecified atom stereocenters. The van der Waals surface area contributed by atoms with Crippen LogP contribution in [0.15, 0.2) is 0 Å². The molecule has 4 nitrogen and oxygen atoms in total. The molecule has 0 radical (unpaired) electrons.